The van der Waals surface area contributed by atoms with Gasteiger partial charge in [0.25, 0.3) is 0 Å². The van der Waals surface area contributed by atoms with Crippen LogP contribution < -0.4 is 5.32 Å². The SMILES string of the molecule is CC/C=C\C/C=C\C/C=C\C/C=C\C/C=C\CCCCCCCCCCCCCCCCCCCC(=O)NC(COC1OC(CO)C(O)C(O)C1O)C(O)CCCCCCCCCCCCCCCCCCCCCCCCCCCCCCCC. The van der Waals surface area contributed by atoms with E-state index in [1.807, 2.05) is 0 Å². The Bertz CT molecular complexity index is 1540. The van der Waals surface area contributed by atoms with Crippen LogP contribution >= 0.6 is 0 Å². The molecule has 86 heavy (non-hydrogen) atoms. The quantitative estimate of drug-likeness (QED) is 0.0261. The number of unbranched alkanes of at least 4 members (excludes halogenated alkanes) is 46. The number of aliphatic hydroxyl groups excluding tert-OH is 5. The lowest BCUT2D eigenvalue weighted by molar-refractivity contribution is -0.302. The van der Waals surface area contributed by atoms with Crippen molar-refractivity contribution < 1.29 is 39.8 Å². The Morgan fingerprint density at radius 2 is 0.721 bits per heavy atom. The van der Waals surface area contributed by atoms with Crippen molar-refractivity contribution in [1.82, 2.24) is 5.32 Å². The van der Waals surface area contributed by atoms with Crippen LogP contribution in [0, 0.1) is 0 Å². The number of amides is 1. The fourth-order valence-corrected chi connectivity index (χ4v) is 12.1. The summed E-state index contributed by atoms with van der Waals surface area (Å²) in [6.45, 7) is 3.78. The Kier molecular flexibility index (Phi) is 62.7. The molecule has 9 heteroatoms. The van der Waals surface area contributed by atoms with Gasteiger partial charge in [0.15, 0.2) is 6.29 Å². The molecule has 1 aliphatic heterocycles. The van der Waals surface area contributed by atoms with E-state index >= 15 is 0 Å². The van der Waals surface area contributed by atoms with Gasteiger partial charge >= 0.3 is 0 Å². The van der Waals surface area contributed by atoms with Crippen molar-refractivity contribution in [1.29, 1.82) is 0 Å². The molecule has 7 unspecified atom stereocenters. The van der Waals surface area contributed by atoms with Crippen LogP contribution in [0.2, 0.25) is 0 Å². The van der Waals surface area contributed by atoms with Crippen molar-refractivity contribution >= 4 is 5.91 Å². The number of hydrogen-bond donors (Lipinski definition) is 6. The Hall–Kier alpha value is -2.11. The molecule has 1 fully saturated rings. The molecule has 0 aromatic rings. The van der Waals surface area contributed by atoms with Crippen molar-refractivity contribution in [2.24, 2.45) is 0 Å². The van der Waals surface area contributed by atoms with Crippen molar-refractivity contribution in [3.63, 3.8) is 0 Å². The minimum Gasteiger partial charge on any atom is -0.394 e. The molecule has 0 spiro atoms. The minimum atomic E-state index is -1.56. The normalized spacial score (nSPS) is 18.3. The number of hydrogen-bond acceptors (Lipinski definition) is 8. The molecule has 1 rings (SSSR count). The lowest BCUT2D eigenvalue weighted by Gasteiger charge is -2.40. The Morgan fingerprint density at radius 1 is 0.407 bits per heavy atom. The van der Waals surface area contributed by atoms with Crippen LogP contribution in [0.25, 0.3) is 0 Å². The smallest absolute Gasteiger partial charge is 0.220 e. The highest BCUT2D eigenvalue weighted by atomic mass is 16.7. The maximum Gasteiger partial charge on any atom is 0.220 e. The first-order valence-corrected chi connectivity index (χ1v) is 37.5. The van der Waals surface area contributed by atoms with Gasteiger partial charge in [-0.25, -0.2) is 0 Å². The average molecular weight is 1210 g/mol. The van der Waals surface area contributed by atoms with Gasteiger partial charge < -0.3 is 40.3 Å². The van der Waals surface area contributed by atoms with Crippen molar-refractivity contribution in [3.8, 4) is 0 Å². The molecule has 0 aliphatic carbocycles. The molecule has 0 aromatic carbocycles. The number of aliphatic hydroxyl groups is 5. The Morgan fingerprint density at radius 3 is 1.07 bits per heavy atom. The molecule has 0 radical (unpaired) electrons. The maximum absolute atomic E-state index is 13.2. The Balaban J connectivity index is 2.08. The summed E-state index contributed by atoms with van der Waals surface area (Å²) in [6, 6.07) is -0.722. The predicted octanol–water partition coefficient (Wildman–Crippen LogP) is 20.9. The molecule has 504 valence electrons. The van der Waals surface area contributed by atoms with E-state index in [1.165, 1.54) is 270 Å². The topological polar surface area (TPSA) is 149 Å². The highest BCUT2D eigenvalue weighted by Crippen LogP contribution is 2.24. The highest BCUT2D eigenvalue weighted by Gasteiger charge is 2.44. The first-order valence-electron chi connectivity index (χ1n) is 37.5. The third-order valence-corrected chi connectivity index (χ3v) is 17.9. The van der Waals surface area contributed by atoms with E-state index < -0.39 is 49.5 Å². The summed E-state index contributed by atoms with van der Waals surface area (Å²) in [5.41, 5.74) is 0. The number of nitrogens with one attached hydrogen (secondary N) is 1. The summed E-state index contributed by atoms with van der Waals surface area (Å²) in [5.74, 6) is -0.139. The van der Waals surface area contributed by atoms with E-state index in [0.717, 1.165) is 70.6 Å². The van der Waals surface area contributed by atoms with Crippen molar-refractivity contribution in [2.75, 3.05) is 13.2 Å². The second-order valence-corrected chi connectivity index (χ2v) is 26.1. The van der Waals surface area contributed by atoms with Gasteiger partial charge in [0, 0.05) is 6.42 Å². The molecule has 6 N–H and O–H groups in total. The molecule has 1 heterocycles. The van der Waals surface area contributed by atoms with Crippen LogP contribution in [0.4, 0.5) is 0 Å². The second-order valence-electron chi connectivity index (χ2n) is 26.1. The van der Waals surface area contributed by atoms with E-state index in [2.05, 4.69) is 79.9 Å². The van der Waals surface area contributed by atoms with Gasteiger partial charge in [0.1, 0.15) is 24.4 Å². The number of ether oxygens (including phenoxy) is 2. The van der Waals surface area contributed by atoms with Crippen LogP contribution in [0.5, 0.6) is 0 Å². The van der Waals surface area contributed by atoms with Gasteiger partial charge in [-0.2, -0.15) is 0 Å². The summed E-state index contributed by atoms with van der Waals surface area (Å²) in [7, 11) is 0. The summed E-state index contributed by atoms with van der Waals surface area (Å²) >= 11 is 0. The lowest BCUT2D eigenvalue weighted by Crippen LogP contribution is -2.60. The number of carbonyl (C=O) groups excluding carboxylic acids is 1. The molecule has 1 amide bonds. The zero-order valence-corrected chi connectivity index (χ0v) is 56.6. The van der Waals surface area contributed by atoms with E-state index in [1.54, 1.807) is 0 Å². The van der Waals surface area contributed by atoms with Crippen LogP contribution in [0.1, 0.15) is 367 Å². The predicted molar refractivity (Wildman–Crippen MR) is 369 cm³/mol. The first-order chi connectivity index (χ1) is 42.3. The minimum absolute atomic E-state index is 0.136. The highest BCUT2D eigenvalue weighted by molar-refractivity contribution is 5.76. The largest absolute Gasteiger partial charge is 0.394 e. The summed E-state index contributed by atoms with van der Waals surface area (Å²) in [6.07, 6.45) is 84.5. The third kappa shape index (κ3) is 53.7. The van der Waals surface area contributed by atoms with Gasteiger partial charge in [-0.1, -0.05) is 364 Å². The average Bonchev–Trinajstić information content (AvgIpc) is 2.60. The van der Waals surface area contributed by atoms with Crippen LogP contribution in [-0.2, 0) is 14.3 Å². The number of rotatable bonds is 66. The summed E-state index contributed by atoms with van der Waals surface area (Å²) in [5, 5.41) is 55.0. The molecular weight excluding hydrogens is 1070 g/mol. The van der Waals surface area contributed by atoms with Crippen molar-refractivity contribution in [3.05, 3.63) is 60.8 Å². The molecule has 0 aromatic heterocycles. The van der Waals surface area contributed by atoms with Crippen LogP contribution in [-0.4, -0.2) is 87.5 Å². The molecular formula is C77H143NO8. The fraction of sp³-hybridized carbons (Fsp3) is 0.857. The molecule has 0 saturated carbocycles. The molecule has 9 nitrogen and oxygen atoms in total. The van der Waals surface area contributed by atoms with Gasteiger partial charge in [0.2, 0.25) is 5.91 Å². The standard InChI is InChI=1S/C77H143NO8/c1-3-5-7-9-11-13-15-17-19-21-23-25-27-29-31-33-35-36-37-39-41-43-45-47-49-51-53-55-57-59-61-63-65-67-73(81)78-70(69-85-77-76(84)75(83)74(82)72(68-79)86-77)71(80)66-64-62-60-58-56-54-52-50-48-46-44-42-40-38-34-32-30-28-26-24-22-20-18-16-14-12-10-8-6-4-2/h5,7,11,13,17,19,23,25,29,31,70-72,74-77,79-80,82-84H,3-4,6,8-10,12,14-16,18,20-22,24,26-28,30,32-69H2,1-2H3,(H,78,81)/b7-5-,13-11-,19-17-,25-23-,31-29-. The van der Waals surface area contributed by atoms with Gasteiger partial charge in [-0.05, 0) is 57.8 Å². The molecule has 7 atom stereocenters. The third-order valence-electron chi connectivity index (χ3n) is 17.9. The van der Waals surface area contributed by atoms with E-state index in [4.69, 9.17) is 9.47 Å². The Labute approximate surface area is 532 Å². The van der Waals surface area contributed by atoms with Gasteiger partial charge in [-0.3, -0.25) is 4.79 Å². The van der Waals surface area contributed by atoms with E-state index in [9.17, 15) is 30.3 Å². The monoisotopic (exact) mass is 1210 g/mol. The molecule has 0 bridgehead atoms. The second kappa shape index (κ2) is 65.8. The van der Waals surface area contributed by atoms with Crippen LogP contribution in [0.15, 0.2) is 60.8 Å². The summed E-state index contributed by atoms with van der Waals surface area (Å²) < 4.78 is 11.4. The fourth-order valence-electron chi connectivity index (χ4n) is 12.1. The van der Waals surface area contributed by atoms with Crippen molar-refractivity contribution in [2.45, 2.75) is 410 Å². The lowest BCUT2D eigenvalue weighted by atomic mass is 9.99. The maximum atomic E-state index is 13.2. The molecule has 1 saturated heterocycles. The first kappa shape index (κ1) is 81.9. The number of allylic oxidation sites excluding steroid dienone is 10. The zero-order chi connectivity index (χ0) is 62.1. The number of carbonyl (C=O) groups is 1. The summed E-state index contributed by atoms with van der Waals surface area (Å²) in [4.78, 5) is 13.2. The van der Waals surface area contributed by atoms with Gasteiger partial charge in [0.05, 0.1) is 25.4 Å². The van der Waals surface area contributed by atoms with Gasteiger partial charge in [-0.15, -0.1) is 0 Å². The van der Waals surface area contributed by atoms with E-state index in [-0.39, 0.29) is 12.5 Å². The molecule has 1 aliphatic rings. The van der Waals surface area contributed by atoms with Crippen LogP contribution in [0.3, 0.4) is 0 Å². The van der Waals surface area contributed by atoms with E-state index in [0.29, 0.717) is 12.8 Å². The zero-order valence-electron chi connectivity index (χ0n) is 56.6.